The first kappa shape index (κ1) is 22.4. The van der Waals surface area contributed by atoms with Crippen molar-refractivity contribution >= 4 is 33.8 Å². The highest BCUT2D eigenvalue weighted by atomic mass is 16.1. The minimum atomic E-state index is -0.228. The molecule has 1 fully saturated rings. The first-order chi connectivity index (χ1) is 16.7. The molecule has 178 valence electrons. The van der Waals surface area contributed by atoms with Crippen molar-refractivity contribution in [1.29, 1.82) is 0 Å². The maximum Gasteiger partial charge on any atom is 0.260 e. The Kier molecular flexibility index (Phi) is 6.76. The average Bonchev–Trinajstić information content (AvgIpc) is 3.26. The van der Waals surface area contributed by atoms with E-state index in [0.717, 1.165) is 55.0 Å². The highest BCUT2D eigenvalue weighted by Crippen LogP contribution is 2.27. The van der Waals surface area contributed by atoms with Crippen molar-refractivity contribution in [3.05, 3.63) is 57.9 Å². The van der Waals surface area contributed by atoms with Gasteiger partial charge in [-0.3, -0.25) is 9.78 Å². The van der Waals surface area contributed by atoms with Gasteiger partial charge >= 0.3 is 0 Å². The molecule has 1 saturated carbocycles. The number of nitrogens with one attached hydrogen (secondary N) is 4. The number of hydrogen-bond donors (Lipinski definition) is 5. The number of hydrogen-bond acceptors (Lipinski definition) is 6. The number of rotatable bonds is 9. The Morgan fingerprint density at radius 1 is 0.971 bits per heavy atom. The molecule has 4 aromatic rings. The molecular weight excluding hydrogens is 426 g/mol. The van der Waals surface area contributed by atoms with Crippen LogP contribution in [0, 0.1) is 5.92 Å². The number of nitrogen functional groups attached to an aromatic ring is 1. The Morgan fingerprint density at radius 2 is 1.79 bits per heavy atom. The summed E-state index contributed by atoms with van der Waals surface area (Å²) in [6, 6.07) is 12.2. The highest BCUT2D eigenvalue weighted by Gasteiger charge is 2.17. The summed E-state index contributed by atoms with van der Waals surface area (Å²) in [5.74, 6) is 1.59. The fourth-order valence-electron chi connectivity index (χ4n) is 5.04. The predicted molar refractivity (Wildman–Crippen MR) is 138 cm³/mol. The number of benzene rings is 2. The normalized spacial score (nSPS) is 14.7. The van der Waals surface area contributed by atoms with Crippen molar-refractivity contribution in [3.8, 4) is 0 Å². The number of nitrogens with zero attached hydrogens (tertiary/aromatic N) is 2. The molecule has 0 atom stereocenters. The van der Waals surface area contributed by atoms with Crippen molar-refractivity contribution in [2.45, 2.75) is 44.9 Å². The summed E-state index contributed by atoms with van der Waals surface area (Å²) in [6.45, 7) is 2.60. The molecule has 0 radical (unpaired) electrons. The van der Waals surface area contributed by atoms with E-state index in [0.29, 0.717) is 16.9 Å². The van der Waals surface area contributed by atoms with Crippen molar-refractivity contribution in [1.82, 2.24) is 25.3 Å². The van der Waals surface area contributed by atoms with Crippen LogP contribution in [0.2, 0.25) is 0 Å². The smallest absolute Gasteiger partial charge is 0.260 e. The topological polar surface area (TPSA) is 125 Å². The van der Waals surface area contributed by atoms with Gasteiger partial charge in [-0.25, -0.2) is 9.97 Å². The minimum Gasteiger partial charge on any atom is -0.369 e. The first-order valence-corrected chi connectivity index (χ1v) is 12.4. The van der Waals surface area contributed by atoms with Crippen LogP contribution in [0.25, 0.3) is 21.9 Å². The lowest BCUT2D eigenvalue weighted by molar-refractivity contribution is 0.343. The highest BCUT2D eigenvalue weighted by molar-refractivity contribution is 5.98. The summed E-state index contributed by atoms with van der Waals surface area (Å²) < 4.78 is 0. The van der Waals surface area contributed by atoms with Crippen LogP contribution >= 0.6 is 0 Å². The van der Waals surface area contributed by atoms with E-state index in [1.165, 1.54) is 37.7 Å². The van der Waals surface area contributed by atoms with Gasteiger partial charge in [0.05, 0.1) is 21.9 Å². The van der Waals surface area contributed by atoms with Gasteiger partial charge in [-0.2, -0.15) is 0 Å². The van der Waals surface area contributed by atoms with Gasteiger partial charge in [-0.05, 0) is 56.3 Å². The third-order valence-electron chi connectivity index (χ3n) is 6.82. The van der Waals surface area contributed by atoms with E-state index in [1.807, 2.05) is 24.3 Å². The lowest BCUT2D eigenvalue weighted by atomic mass is 9.89. The molecule has 0 bridgehead atoms. The lowest BCUT2D eigenvalue weighted by Gasteiger charge is -2.21. The van der Waals surface area contributed by atoms with Gasteiger partial charge in [0, 0.05) is 12.1 Å². The maximum atomic E-state index is 12.6. The van der Waals surface area contributed by atoms with E-state index in [-0.39, 0.29) is 11.5 Å². The van der Waals surface area contributed by atoms with Crippen LogP contribution in [0.1, 0.15) is 43.2 Å². The Bertz CT molecular complexity index is 1310. The van der Waals surface area contributed by atoms with E-state index in [4.69, 9.17) is 10.7 Å². The Morgan fingerprint density at radius 3 is 2.62 bits per heavy atom. The summed E-state index contributed by atoms with van der Waals surface area (Å²) in [7, 11) is 0. The Balaban J connectivity index is 1.37. The van der Waals surface area contributed by atoms with Gasteiger partial charge in [0.15, 0.2) is 0 Å². The first-order valence-electron chi connectivity index (χ1n) is 12.4. The van der Waals surface area contributed by atoms with Crippen LogP contribution < -0.4 is 21.9 Å². The lowest BCUT2D eigenvalue weighted by Crippen LogP contribution is -2.26. The number of aromatic nitrogens is 4. The standard InChI is InChI=1S/C26H33N7O/c27-25-31-22-19(12-13-28-16-18-9-5-2-6-10-18)23-21(15-20(22)24(34)33-25)30-26(32-23)29-14-11-17-7-3-1-4-8-17/h1,3-4,7-8,15,18,28H,2,5-6,9-14,16H2,(H2,29,30,32)(H3,27,31,33,34). The van der Waals surface area contributed by atoms with Crippen LogP contribution in [-0.4, -0.2) is 39.6 Å². The average molecular weight is 460 g/mol. The van der Waals surface area contributed by atoms with Crippen LogP contribution in [0.3, 0.4) is 0 Å². The largest absolute Gasteiger partial charge is 0.369 e. The summed E-state index contributed by atoms with van der Waals surface area (Å²) in [5.41, 5.74) is 10.2. The molecular formula is C26H33N7O. The minimum absolute atomic E-state index is 0.130. The van der Waals surface area contributed by atoms with Gasteiger partial charge in [0.2, 0.25) is 11.9 Å². The van der Waals surface area contributed by atoms with Gasteiger partial charge in [-0.1, -0.05) is 49.6 Å². The molecule has 0 amide bonds. The monoisotopic (exact) mass is 459 g/mol. The molecule has 0 unspecified atom stereocenters. The molecule has 1 aliphatic rings. The number of H-pyrrole nitrogens is 2. The maximum absolute atomic E-state index is 12.6. The summed E-state index contributed by atoms with van der Waals surface area (Å²) in [4.78, 5) is 27.9. The zero-order chi connectivity index (χ0) is 23.3. The summed E-state index contributed by atoms with van der Waals surface area (Å²) in [5, 5.41) is 7.54. The molecule has 5 rings (SSSR count). The van der Waals surface area contributed by atoms with Crippen LogP contribution in [-0.2, 0) is 12.8 Å². The van der Waals surface area contributed by atoms with Crippen molar-refractivity contribution < 1.29 is 0 Å². The molecule has 0 saturated heterocycles. The summed E-state index contributed by atoms with van der Waals surface area (Å²) >= 11 is 0. The Labute approximate surface area is 198 Å². The van der Waals surface area contributed by atoms with Gasteiger partial charge in [0.25, 0.3) is 5.56 Å². The fraction of sp³-hybridized carbons (Fsp3) is 0.423. The van der Waals surface area contributed by atoms with Crippen LogP contribution in [0.15, 0.2) is 41.2 Å². The molecule has 6 N–H and O–H groups in total. The number of aromatic amines is 2. The SMILES string of the molecule is Nc1nc2c(CCNCC3CCCCC3)c3nc(NCCc4ccccc4)[nH]c3cc2c(=O)[nH]1. The number of fused-ring (bicyclic) bond motifs is 2. The van der Waals surface area contributed by atoms with Crippen LogP contribution in [0.4, 0.5) is 11.9 Å². The molecule has 8 heteroatoms. The van der Waals surface area contributed by atoms with Gasteiger partial charge in [-0.15, -0.1) is 0 Å². The van der Waals surface area contributed by atoms with Gasteiger partial charge < -0.3 is 21.4 Å². The Hall–Kier alpha value is -3.39. The van der Waals surface area contributed by atoms with Crippen molar-refractivity contribution in [2.24, 2.45) is 5.92 Å². The zero-order valence-electron chi connectivity index (χ0n) is 19.5. The van der Waals surface area contributed by atoms with E-state index in [9.17, 15) is 4.79 Å². The molecule has 2 heterocycles. The molecule has 2 aromatic heterocycles. The molecule has 0 aliphatic heterocycles. The quantitative estimate of drug-likeness (QED) is 0.243. The van der Waals surface area contributed by atoms with E-state index in [1.54, 1.807) is 0 Å². The molecule has 34 heavy (non-hydrogen) atoms. The summed E-state index contributed by atoms with van der Waals surface area (Å²) in [6.07, 6.45) is 8.31. The van der Waals surface area contributed by atoms with Crippen molar-refractivity contribution in [3.63, 3.8) is 0 Å². The van der Waals surface area contributed by atoms with Gasteiger partial charge in [0.1, 0.15) is 0 Å². The van der Waals surface area contributed by atoms with E-state index >= 15 is 0 Å². The van der Waals surface area contributed by atoms with Crippen molar-refractivity contribution in [2.75, 3.05) is 30.7 Å². The zero-order valence-corrected chi connectivity index (χ0v) is 19.5. The molecule has 1 aliphatic carbocycles. The van der Waals surface area contributed by atoms with E-state index in [2.05, 4.69) is 37.7 Å². The second-order valence-electron chi connectivity index (χ2n) is 9.30. The molecule has 0 spiro atoms. The third kappa shape index (κ3) is 5.07. The number of imidazole rings is 1. The van der Waals surface area contributed by atoms with Crippen LogP contribution in [0.5, 0.6) is 0 Å². The number of anilines is 2. The predicted octanol–water partition coefficient (Wildman–Crippen LogP) is 3.75. The third-order valence-corrected chi connectivity index (χ3v) is 6.82. The fourth-order valence-corrected chi connectivity index (χ4v) is 5.04. The number of nitrogens with two attached hydrogens (primary N) is 1. The second kappa shape index (κ2) is 10.3. The molecule has 2 aromatic carbocycles. The molecule has 8 nitrogen and oxygen atoms in total. The van der Waals surface area contributed by atoms with E-state index < -0.39 is 0 Å². The second-order valence-corrected chi connectivity index (χ2v) is 9.30.